The lowest BCUT2D eigenvalue weighted by atomic mass is 10.3. The van der Waals surface area contributed by atoms with Crippen molar-refractivity contribution in [3.63, 3.8) is 0 Å². The molecule has 4 nitrogen and oxygen atoms in total. The lowest BCUT2D eigenvalue weighted by Crippen LogP contribution is -2.13. The normalized spacial score (nSPS) is 10.7. The molecule has 0 saturated carbocycles. The van der Waals surface area contributed by atoms with Crippen molar-refractivity contribution in [2.75, 3.05) is 52.0 Å². The van der Waals surface area contributed by atoms with E-state index in [-0.39, 0.29) is 5.02 Å². The molecule has 0 saturated heterocycles. The largest absolute Gasteiger partial charge is 0.383 e. The quantitative estimate of drug-likeness (QED) is 0.673. The van der Waals surface area contributed by atoms with E-state index in [9.17, 15) is 4.39 Å². The topological polar surface area (TPSA) is 39.7 Å². The van der Waals surface area contributed by atoms with Gasteiger partial charge in [-0.1, -0.05) is 11.6 Å². The summed E-state index contributed by atoms with van der Waals surface area (Å²) in [5.74, 6) is -0.431. The zero-order chi connectivity index (χ0) is 13.9. The molecule has 0 amide bonds. The van der Waals surface area contributed by atoms with Crippen LogP contribution in [0, 0.1) is 5.82 Å². The predicted molar refractivity (Wildman–Crippen MR) is 73.4 cm³/mol. The summed E-state index contributed by atoms with van der Waals surface area (Å²) in [4.78, 5) is 0. The molecule has 0 atom stereocenters. The Hall–Kier alpha value is -0.880. The molecule has 6 heteroatoms. The number of halogens is 2. The molecular formula is C13H19ClFNO3. The van der Waals surface area contributed by atoms with Gasteiger partial charge in [0.2, 0.25) is 0 Å². The molecular weight excluding hydrogens is 273 g/mol. The van der Waals surface area contributed by atoms with Crippen LogP contribution in [0.25, 0.3) is 0 Å². The van der Waals surface area contributed by atoms with Gasteiger partial charge in [-0.05, 0) is 18.2 Å². The summed E-state index contributed by atoms with van der Waals surface area (Å²) in [7, 11) is 1.63. The van der Waals surface area contributed by atoms with Crippen LogP contribution in [0.2, 0.25) is 5.02 Å². The average molecular weight is 292 g/mol. The highest BCUT2D eigenvalue weighted by atomic mass is 35.5. The molecule has 0 bridgehead atoms. The molecule has 19 heavy (non-hydrogen) atoms. The van der Waals surface area contributed by atoms with E-state index < -0.39 is 5.82 Å². The van der Waals surface area contributed by atoms with E-state index in [4.69, 9.17) is 25.8 Å². The maximum absolute atomic E-state index is 13.1. The minimum absolute atomic E-state index is 0.120. The molecule has 0 radical (unpaired) electrons. The van der Waals surface area contributed by atoms with Crippen LogP contribution in [0.15, 0.2) is 18.2 Å². The highest BCUT2D eigenvalue weighted by Gasteiger charge is 2.00. The Bertz CT molecular complexity index is 366. The molecule has 1 N–H and O–H groups in total. The molecule has 1 rings (SSSR count). The summed E-state index contributed by atoms with van der Waals surface area (Å²) in [6, 6.07) is 4.60. The molecule has 0 aliphatic rings. The Labute approximate surface area is 117 Å². The third-order valence-corrected chi connectivity index (χ3v) is 2.61. The van der Waals surface area contributed by atoms with Crippen molar-refractivity contribution in [1.82, 2.24) is 0 Å². The van der Waals surface area contributed by atoms with Gasteiger partial charge >= 0.3 is 0 Å². The molecule has 0 aliphatic heterocycles. The van der Waals surface area contributed by atoms with Gasteiger partial charge in [0, 0.05) is 19.3 Å². The number of methoxy groups -OCH3 is 1. The van der Waals surface area contributed by atoms with Crippen molar-refractivity contribution in [2.24, 2.45) is 0 Å². The average Bonchev–Trinajstić information content (AvgIpc) is 2.41. The first-order valence-corrected chi connectivity index (χ1v) is 6.45. The highest BCUT2D eigenvalue weighted by molar-refractivity contribution is 6.30. The number of anilines is 1. The highest BCUT2D eigenvalue weighted by Crippen LogP contribution is 2.18. The van der Waals surface area contributed by atoms with E-state index in [0.717, 1.165) is 0 Å². The monoisotopic (exact) mass is 291 g/mol. The van der Waals surface area contributed by atoms with Crippen LogP contribution in [-0.2, 0) is 14.2 Å². The summed E-state index contributed by atoms with van der Waals surface area (Å²) in [6.45, 7) is 3.35. The number of hydrogen-bond acceptors (Lipinski definition) is 4. The zero-order valence-electron chi connectivity index (χ0n) is 11.0. The van der Waals surface area contributed by atoms with E-state index in [2.05, 4.69) is 5.32 Å². The van der Waals surface area contributed by atoms with Crippen molar-refractivity contribution >= 4 is 17.3 Å². The van der Waals surface area contributed by atoms with Gasteiger partial charge < -0.3 is 19.5 Å². The Morgan fingerprint density at radius 2 is 1.79 bits per heavy atom. The molecule has 0 fully saturated rings. The third kappa shape index (κ3) is 7.32. The van der Waals surface area contributed by atoms with Crippen molar-refractivity contribution in [3.8, 4) is 0 Å². The summed E-state index contributed by atoms with van der Waals surface area (Å²) >= 11 is 5.59. The summed E-state index contributed by atoms with van der Waals surface area (Å²) in [5.41, 5.74) is 0.682. The fourth-order valence-electron chi connectivity index (χ4n) is 1.34. The van der Waals surface area contributed by atoms with Gasteiger partial charge in [-0.25, -0.2) is 4.39 Å². The number of benzene rings is 1. The predicted octanol–water partition coefficient (Wildman–Crippen LogP) is 2.57. The Kier molecular flexibility index (Phi) is 8.49. The third-order valence-electron chi connectivity index (χ3n) is 2.30. The fraction of sp³-hybridized carbons (Fsp3) is 0.538. The first-order chi connectivity index (χ1) is 9.24. The van der Waals surface area contributed by atoms with Gasteiger partial charge in [-0.15, -0.1) is 0 Å². The van der Waals surface area contributed by atoms with Gasteiger partial charge in [-0.2, -0.15) is 0 Å². The minimum Gasteiger partial charge on any atom is -0.383 e. The maximum atomic E-state index is 13.1. The molecule has 1 aromatic carbocycles. The maximum Gasteiger partial charge on any atom is 0.143 e. The van der Waals surface area contributed by atoms with Gasteiger partial charge in [0.25, 0.3) is 0 Å². The number of nitrogens with one attached hydrogen (secondary N) is 1. The van der Waals surface area contributed by atoms with Gasteiger partial charge in [0.1, 0.15) is 5.82 Å². The smallest absolute Gasteiger partial charge is 0.143 e. The van der Waals surface area contributed by atoms with E-state index in [1.807, 2.05) is 0 Å². The first-order valence-electron chi connectivity index (χ1n) is 6.07. The first kappa shape index (κ1) is 16.2. The van der Waals surface area contributed by atoms with Crippen molar-refractivity contribution in [3.05, 3.63) is 29.0 Å². The number of hydrogen-bond donors (Lipinski definition) is 1. The van der Waals surface area contributed by atoms with Crippen molar-refractivity contribution in [2.45, 2.75) is 0 Å². The molecule has 0 aliphatic carbocycles. The molecule has 108 valence electrons. The van der Waals surface area contributed by atoms with E-state index in [1.165, 1.54) is 12.1 Å². The summed E-state index contributed by atoms with van der Waals surface area (Å²) < 4.78 is 28.5. The molecule has 0 unspecified atom stereocenters. The minimum atomic E-state index is -0.431. The standard InChI is InChI=1S/C13H19ClFNO3/c1-17-6-7-19-9-8-18-5-4-16-11-2-3-12(14)13(15)10-11/h2-3,10,16H,4-9H2,1H3. The van der Waals surface area contributed by atoms with Crippen LogP contribution in [0.4, 0.5) is 10.1 Å². The van der Waals surface area contributed by atoms with E-state index >= 15 is 0 Å². The van der Waals surface area contributed by atoms with Gasteiger partial charge in [-0.3, -0.25) is 0 Å². The zero-order valence-corrected chi connectivity index (χ0v) is 11.7. The van der Waals surface area contributed by atoms with Crippen molar-refractivity contribution < 1.29 is 18.6 Å². The van der Waals surface area contributed by atoms with Gasteiger partial charge in [0.05, 0.1) is 38.1 Å². The summed E-state index contributed by atoms with van der Waals surface area (Å²) in [5, 5.41) is 3.16. The van der Waals surface area contributed by atoms with Crippen LogP contribution in [0.5, 0.6) is 0 Å². The lowest BCUT2D eigenvalue weighted by Gasteiger charge is -2.08. The van der Waals surface area contributed by atoms with Crippen LogP contribution in [0.3, 0.4) is 0 Å². The molecule has 0 aromatic heterocycles. The molecule has 0 heterocycles. The Morgan fingerprint density at radius 3 is 2.47 bits per heavy atom. The lowest BCUT2D eigenvalue weighted by molar-refractivity contribution is 0.0272. The van der Waals surface area contributed by atoms with Crippen LogP contribution < -0.4 is 5.32 Å². The SMILES string of the molecule is COCCOCCOCCNc1ccc(Cl)c(F)c1. The number of ether oxygens (including phenoxy) is 3. The van der Waals surface area contributed by atoms with Crippen molar-refractivity contribution in [1.29, 1.82) is 0 Å². The van der Waals surface area contributed by atoms with Crippen LogP contribution in [-0.4, -0.2) is 46.7 Å². The Balaban J connectivity index is 2.00. The second-order valence-electron chi connectivity index (χ2n) is 3.77. The number of rotatable bonds is 10. The summed E-state index contributed by atoms with van der Waals surface area (Å²) in [6.07, 6.45) is 0. The molecule has 1 aromatic rings. The van der Waals surface area contributed by atoms with E-state index in [1.54, 1.807) is 13.2 Å². The van der Waals surface area contributed by atoms with Crippen LogP contribution in [0.1, 0.15) is 0 Å². The fourth-order valence-corrected chi connectivity index (χ4v) is 1.46. The Morgan fingerprint density at radius 1 is 1.11 bits per heavy atom. The molecule has 0 spiro atoms. The van der Waals surface area contributed by atoms with E-state index in [0.29, 0.717) is 45.3 Å². The second kappa shape index (κ2) is 9.97. The second-order valence-corrected chi connectivity index (χ2v) is 4.18. The van der Waals surface area contributed by atoms with Gasteiger partial charge in [0.15, 0.2) is 0 Å². The van der Waals surface area contributed by atoms with Crippen LogP contribution >= 0.6 is 11.6 Å².